The highest BCUT2D eigenvalue weighted by molar-refractivity contribution is 6.39. The summed E-state index contributed by atoms with van der Waals surface area (Å²) >= 11 is 12.4. The van der Waals surface area contributed by atoms with Gasteiger partial charge in [-0.2, -0.15) is 0 Å². The lowest BCUT2D eigenvalue weighted by Gasteiger charge is -2.22. The summed E-state index contributed by atoms with van der Waals surface area (Å²) in [5.41, 5.74) is 2.82. The first-order valence-corrected chi connectivity index (χ1v) is 9.94. The molecular formula is C20H20Cl2N4O. The molecule has 1 aromatic heterocycles. The van der Waals surface area contributed by atoms with Crippen LogP contribution in [0.5, 0.6) is 0 Å². The Kier molecular flexibility index (Phi) is 5.32. The van der Waals surface area contributed by atoms with Crippen LogP contribution in [-0.2, 0) is 6.42 Å². The molecule has 4 rings (SSSR count). The van der Waals surface area contributed by atoms with E-state index in [1.54, 1.807) is 24.4 Å². The summed E-state index contributed by atoms with van der Waals surface area (Å²) < 4.78 is 0. The molecule has 0 saturated heterocycles. The van der Waals surface area contributed by atoms with E-state index >= 15 is 0 Å². The highest BCUT2D eigenvalue weighted by Gasteiger charge is 2.22. The van der Waals surface area contributed by atoms with Crippen molar-refractivity contribution in [3.63, 3.8) is 0 Å². The van der Waals surface area contributed by atoms with Gasteiger partial charge in [0, 0.05) is 12.5 Å². The van der Waals surface area contributed by atoms with Gasteiger partial charge in [-0.1, -0.05) is 48.5 Å². The summed E-state index contributed by atoms with van der Waals surface area (Å²) in [7, 11) is 0. The number of aromatic nitrogens is 1. The van der Waals surface area contributed by atoms with E-state index < -0.39 is 0 Å². The average molecular weight is 403 g/mol. The second-order valence-electron chi connectivity index (χ2n) is 6.97. The van der Waals surface area contributed by atoms with E-state index in [-0.39, 0.29) is 11.9 Å². The minimum absolute atomic E-state index is 0.107. The van der Waals surface area contributed by atoms with E-state index in [0.717, 1.165) is 29.9 Å². The number of aliphatic imine (C=N–C) groups is 1. The smallest absolute Gasteiger partial charge is 0.270 e. The van der Waals surface area contributed by atoms with Crippen LogP contribution in [0, 0.1) is 0 Å². The van der Waals surface area contributed by atoms with E-state index in [1.807, 2.05) is 6.07 Å². The van der Waals surface area contributed by atoms with Crippen LogP contribution in [0.3, 0.4) is 0 Å². The minimum atomic E-state index is -0.107. The Hall–Kier alpha value is -2.11. The Morgan fingerprint density at radius 3 is 2.67 bits per heavy atom. The van der Waals surface area contributed by atoms with Crippen molar-refractivity contribution in [2.75, 3.05) is 5.32 Å². The van der Waals surface area contributed by atoms with Crippen LogP contribution in [0.25, 0.3) is 0 Å². The summed E-state index contributed by atoms with van der Waals surface area (Å²) in [6.07, 6.45) is 7.97. The second-order valence-corrected chi connectivity index (χ2v) is 7.78. The molecule has 0 atom stereocenters. The summed E-state index contributed by atoms with van der Waals surface area (Å²) in [6.45, 7) is 0. The van der Waals surface area contributed by atoms with Crippen molar-refractivity contribution < 1.29 is 4.79 Å². The van der Waals surface area contributed by atoms with Crippen LogP contribution >= 0.6 is 23.2 Å². The largest absolute Gasteiger partial charge is 0.348 e. The number of para-hydroxylation sites is 1. The van der Waals surface area contributed by atoms with Crippen LogP contribution in [0.4, 0.5) is 11.4 Å². The zero-order valence-corrected chi connectivity index (χ0v) is 16.3. The molecule has 2 aromatic rings. The molecule has 1 aliphatic heterocycles. The molecule has 7 heteroatoms. The second kappa shape index (κ2) is 7.87. The van der Waals surface area contributed by atoms with Gasteiger partial charge in [0.15, 0.2) is 0 Å². The quantitative estimate of drug-likeness (QED) is 0.745. The van der Waals surface area contributed by atoms with Crippen molar-refractivity contribution >= 4 is 46.3 Å². The van der Waals surface area contributed by atoms with Crippen molar-refractivity contribution in [1.82, 2.24) is 10.3 Å². The molecule has 1 aromatic carbocycles. The number of amides is 1. The van der Waals surface area contributed by atoms with Crippen molar-refractivity contribution in [2.45, 2.75) is 44.6 Å². The maximum absolute atomic E-state index is 12.5. The standard InChI is InChI=1S/C20H20Cl2N4O/c21-14-7-4-8-15(22)19(14)26-18-10-12-9-16(23-11-17(12)25-18)20(27)24-13-5-2-1-3-6-13/h4,7-9,11,13H,1-3,5-6,10H2,(H,24,27)(H,25,26). The highest BCUT2D eigenvalue weighted by Crippen LogP contribution is 2.34. The van der Waals surface area contributed by atoms with Gasteiger partial charge in [-0.05, 0) is 36.6 Å². The van der Waals surface area contributed by atoms with Crippen LogP contribution in [0.2, 0.25) is 10.0 Å². The fourth-order valence-electron chi connectivity index (χ4n) is 3.56. The lowest BCUT2D eigenvalue weighted by atomic mass is 9.95. The number of amidine groups is 1. The molecule has 140 valence electrons. The van der Waals surface area contributed by atoms with Crippen LogP contribution in [-0.4, -0.2) is 22.8 Å². The summed E-state index contributed by atoms with van der Waals surface area (Å²) in [4.78, 5) is 21.4. The van der Waals surface area contributed by atoms with E-state index in [0.29, 0.717) is 27.8 Å². The number of hydrogen-bond acceptors (Lipinski definition) is 3. The van der Waals surface area contributed by atoms with Gasteiger partial charge in [-0.25, -0.2) is 9.98 Å². The first kappa shape index (κ1) is 18.3. The number of benzene rings is 1. The van der Waals surface area contributed by atoms with E-state index in [2.05, 4.69) is 20.6 Å². The molecule has 0 spiro atoms. The normalized spacial score (nSPS) is 18.2. The van der Waals surface area contributed by atoms with Gasteiger partial charge in [0.2, 0.25) is 0 Å². The van der Waals surface area contributed by atoms with Crippen molar-refractivity contribution in [2.24, 2.45) is 4.99 Å². The number of halogens is 2. The Morgan fingerprint density at radius 2 is 1.93 bits per heavy atom. The van der Waals surface area contributed by atoms with Gasteiger partial charge in [0.1, 0.15) is 17.2 Å². The molecule has 27 heavy (non-hydrogen) atoms. The van der Waals surface area contributed by atoms with Crippen LogP contribution < -0.4 is 10.6 Å². The third kappa shape index (κ3) is 4.09. The lowest BCUT2D eigenvalue weighted by molar-refractivity contribution is 0.0922. The fourth-order valence-corrected chi connectivity index (χ4v) is 4.05. The number of anilines is 1. The SMILES string of the molecule is O=C(NC1CCCCC1)c1cc2c(cn1)NC(=Nc1c(Cl)cccc1Cl)C2. The zero-order chi connectivity index (χ0) is 18.8. The topological polar surface area (TPSA) is 66.4 Å². The summed E-state index contributed by atoms with van der Waals surface area (Å²) in [5, 5.41) is 7.33. The first-order chi connectivity index (χ1) is 13.1. The molecule has 5 nitrogen and oxygen atoms in total. The van der Waals surface area contributed by atoms with E-state index in [4.69, 9.17) is 23.2 Å². The van der Waals surface area contributed by atoms with Gasteiger partial charge in [-0.3, -0.25) is 4.79 Å². The van der Waals surface area contributed by atoms with Crippen molar-refractivity contribution in [3.05, 3.63) is 51.8 Å². The zero-order valence-electron chi connectivity index (χ0n) is 14.8. The molecule has 0 bridgehead atoms. The molecule has 0 radical (unpaired) electrons. The van der Waals surface area contributed by atoms with Gasteiger partial charge in [0.05, 0.1) is 21.9 Å². The van der Waals surface area contributed by atoms with Gasteiger partial charge in [-0.15, -0.1) is 0 Å². The molecule has 1 saturated carbocycles. The molecule has 2 heterocycles. The number of rotatable bonds is 3. The molecular weight excluding hydrogens is 383 g/mol. The number of nitrogens with one attached hydrogen (secondary N) is 2. The molecule has 1 aliphatic carbocycles. The Balaban J connectivity index is 1.50. The summed E-state index contributed by atoms with van der Waals surface area (Å²) in [6, 6.07) is 7.39. The third-order valence-electron chi connectivity index (χ3n) is 4.98. The number of carbonyl (C=O) groups is 1. The highest BCUT2D eigenvalue weighted by atomic mass is 35.5. The average Bonchev–Trinajstić information content (AvgIpc) is 3.07. The number of hydrogen-bond donors (Lipinski definition) is 2. The molecule has 1 amide bonds. The molecule has 2 aliphatic rings. The maximum atomic E-state index is 12.5. The Labute approximate surface area is 168 Å². The monoisotopic (exact) mass is 402 g/mol. The van der Waals surface area contributed by atoms with Crippen LogP contribution in [0.15, 0.2) is 35.5 Å². The molecule has 1 fully saturated rings. The van der Waals surface area contributed by atoms with Gasteiger partial charge < -0.3 is 10.6 Å². The van der Waals surface area contributed by atoms with Gasteiger partial charge in [0.25, 0.3) is 5.91 Å². The maximum Gasteiger partial charge on any atom is 0.270 e. The van der Waals surface area contributed by atoms with Crippen molar-refractivity contribution in [1.29, 1.82) is 0 Å². The lowest BCUT2D eigenvalue weighted by Crippen LogP contribution is -2.36. The number of carbonyl (C=O) groups excluding carboxylic acids is 1. The summed E-state index contributed by atoms with van der Waals surface area (Å²) in [5.74, 6) is 0.621. The number of nitrogens with zero attached hydrogens (tertiary/aromatic N) is 2. The predicted octanol–water partition coefficient (Wildman–Crippen LogP) is 5.15. The van der Waals surface area contributed by atoms with E-state index in [1.165, 1.54) is 19.3 Å². The fraction of sp³-hybridized carbons (Fsp3) is 0.350. The van der Waals surface area contributed by atoms with Crippen LogP contribution in [0.1, 0.15) is 48.2 Å². The van der Waals surface area contributed by atoms with Crippen molar-refractivity contribution in [3.8, 4) is 0 Å². The third-order valence-corrected chi connectivity index (χ3v) is 5.59. The Bertz CT molecular complexity index is 887. The first-order valence-electron chi connectivity index (χ1n) is 9.18. The van der Waals surface area contributed by atoms with Gasteiger partial charge >= 0.3 is 0 Å². The van der Waals surface area contributed by atoms with E-state index in [9.17, 15) is 4.79 Å². The number of fused-ring (bicyclic) bond motifs is 1. The molecule has 2 N–H and O–H groups in total. The Morgan fingerprint density at radius 1 is 1.19 bits per heavy atom. The predicted molar refractivity (Wildman–Crippen MR) is 109 cm³/mol. The number of pyridine rings is 1. The molecule has 0 unspecified atom stereocenters. The minimum Gasteiger partial charge on any atom is -0.348 e.